The van der Waals surface area contributed by atoms with Crippen LogP contribution in [-0.2, 0) is 4.79 Å². The van der Waals surface area contributed by atoms with Crippen molar-refractivity contribution in [1.82, 2.24) is 10.2 Å². The summed E-state index contributed by atoms with van der Waals surface area (Å²) in [6, 6.07) is 14.5. The molecule has 7 heteroatoms. The van der Waals surface area contributed by atoms with Gasteiger partial charge in [-0.15, -0.1) is 0 Å². The maximum Gasteiger partial charge on any atom is 0.255 e. The molecule has 29 heavy (non-hydrogen) atoms. The number of anilines is 1. The van der Waals surface area contributed by atoms with E-state index in [2.05, 4.69) is 10.6 Å². The van der Waals surface area contributed by atoms with Gasteiger partial charge in [0.05, 0.1) is 18.7 Å². The molecule has 1 aliphatic rings. The third kappa shape index (κ3) is 6.39. The summed E-state index contributed by atoms with van der Waals surface area (Å²) < 4.78 is 5.55. The molecule has 6 nitrogen and oxygen atoms in total. The van der Waals surface area contributed by atoms with Crippen molar-refractivity contribution >= 4 is 29.1 Å². The summed E-state index contributed by atoms with van der Waals surface area (Å²) in [5.74, 6) is 0.554. The number of benzene rings is 2. The summed E-state index contributed by atoms with van der Waals surface area (Å²) in [4.78, 5) is 26.8. The fraction of sp³-hybridized carbons (Fsp3) is 0.364. The zero-order chi connectivity index (χ0) is 20.5. The summed E-state index contributed by atoms with van der Waals surface area (Å²) >= 11 is 6.10. The van der Waals surface area contributed by atoms with Gasteiger partial charge in [-0.05, 0) is 49.6 Å². The number of nitrogens with one attached hydrogen (secondary N) is 2. The standard InChI is InChI=1S/C22H26ClN3O3/c23-17-9-10-19(22(28)26-12-5-2-6-13-26)20(15-17)25-16-21(27)24-11-14-29-18-7-3-1-4-8-18/h1,3-4,7-10,15,25H,2,5-6,11-14,16H2,(H,24,27). The Morgan fingerprint density at radius 1 is 1.03 bits per heavy atom. The molecule has 2 aromatic rings. The molecule has 154 valence electrons. The third-order valence-electron chi connectivity index (χ3n) is 4.73. The molecule has 3 rings (SSSR count). The second kappa shape index (κ2) is 10.7. The minimum atomic E-state index is -0.182. The van der Waals surface area contributed by atoms with E-state index in [4.69, 9.17) is 16.3 Å². The van der Waals surface area contributed by atoms with E-state index in [0.29, 0.717) is 29.4 Å². The van der Waals surface area contributed by atoms with E-state index in [9.17, 15) is 9.59 Å². The monoisotopic (exact) mass is 415 g/mol. The van der Waals surface area contributed by atoms with E-state index in [0.717, 1.165) is 38.1 Å². The van der Waals surface area contributed by atoms with Crippen LogP contribution >= 0.6 is 11.6 Å². The molecule has 0 atom stereocenters. The van der Waals surface area contributed by atoms with Crippen LogP contribution in [0.1, 0.15) is 29.6 Å². The smallest absolute Gasteiger partial charge is 0.255 e. The highest BCUT2D eigenvalue weighted by Gasteiger charge is 2.21. The Kier molecular flexibility index (Phi) is 7.76. The summed E-state index contributed by atoms with van der Waals surface area (Å²) in [5, 5.41) is 6.36. The highest BCUT2D eigenvalue weighted by atomic mass is 35.5. The zero-order valence-electron chi connectivity index (χ0n) is 16.3. The van der Waals surface area contributed by atoms with E-state index in [1.807, 2.05) is 35.2 Å². The average molecular weight is 416 g/mol. The van der Waals surface area contributed by atoms with Crippen LogP contribution in [0, 0.1) is 0 Å². The fourth-order valence-corrected chi connectivity index (χ4v) is 3.40. The van der Waals surface area contributed by atoms with Crippen LogP contribution < -0.4 is 15.4 Å². The van der Waals surface area contributed by atoms with Crippen molar-refractivity contribution in [3.63, 3.8) is 0 Å². The highest BCUT2D eigenvalue weighted by molar-refractivity contribution is 6.31. The maximum absolute atomic E-state index is 12.8. The zero-order valence-corrected chi connectivity index (χ0v) is 17.1. The van der Waals surface area contributed by atoms with Crippen LogP contribution in [0.15, 0.2) is 48.5 Å². The molecule has 0 spiro atoms. The van der Waals surface area contributed by atoms with Gasteiger partial charge in [0.25, 0.3) is 5.91 Å². The Bertz CT molecular complexity index is 823. The average Bonchev–Trinajstić information content (AvgIpc) is 2.76. The number of hydrogen-bond acceptors (Lipinski definition) is 4. The number of carbonyl (C=O) groups is 2. The Labute approximate surface area is 176 Å². The second-order valence-electron chi connectivity index (χ2n) is 6.91. The summed E-state index contributed by atoms with van der Waals surface area (Å²) in [6.07, 6.45) is 3.20. The molecule has 0 saturated carbocycles. The molecule has 0 unspecified atom stereocenters. The van der Waals surface area contributed by atoms with Crippen LogP contribution in [0.25, 0.3) is 0 Å². The topological polar surface area (TPSA) is 70.7 Å². The minimum absolute atomic E-state index is 0.0273. The van der Waals surface area contributed by atoms with Gasteiger partial charge < -0.3 is 20.3 Å². The molecule has 1 fully saturated rings. The molecule has 1 aliphatic heterocycles. The molecule has 2 amide bonds. The number of amides is 2. The molecule has 0 bridgehead atoms. The Morgan fingerprint density at radius 2 is 1.79 bits per heavy atom. The lowest BCUT2D eigenvalue weighted by Gasteiger charge is -2.27. The van der Waals surface area contributed by atoms with E-state index < -0.39 is 0 Å². The first kappa shape index (κ1) is 21.0. The van der Waals surface area contributed by atoms with Gasteiger partial charge in [0.2, 0.25) is 5.91 Å². The lowest BCUT2D eigenvalue weighted by Crippen LogP contribution is -2.36. The number of para-hydroxylation sites is 1. The van der Waals surface area contributed by atoms with Gasteiger partial charge >= 0.3 is 0 Å². The maximum atomic E-state index is 12.8. The first-order valence-electron chi connectivity index (χ1n) is 9.91. The summed E-state index contributed by atoms with van der Waals surface area (Å²) in [5.41, 5.74) is 1.11. The van der Waals surface area contributed by atoms with Crippen molar-refractivity contribution in [3.05, 3.63) is 59.1 Å². The van der Waals surface area contributed by atoms with Crippen molar-refractivity contribution in [1.29, 1.82) is 0 Å². The second-order valence-corrected chi connectivity index (χ2v) is 7.34. The minimum Gasteiger partial charge on any atom is -0.492 e. The van der Waals surface area contributed by atoms with Gasteiger partial charge in [-0.25, -0.2) is 0 Å². The lowest BCUT2D eigenvalue weighted by molar-refractivity contribution is -0.119. The first-order valence-corrected chi connectivity index (χ1v) is 10.3. The largest absolute Gasteiger partial charge is 0.492 e. The molecular weight excluding hydrogens is 390 g/mol. The SMILES string of the molecule is O=C(CNc1cc(Cl)ccc1C(=O)N1CCCCC1)NCCOc1ccccc1. The molecule has 0 aliphatic carbocycles. The Morgan fingerprint density at radius 3 is 2.55 bits per heavy atom. The van der Waals surface area contributed by atoms with Gasteiger partial charge in [0, 0.05) is 23.8 Å². The Balaban J connectivity index is 1.49. The molecule has 0 radical (unpaired) electrons. The van der Waals surface area contributed by atoms with Crippen LogP contribution in [0.2, 0.25) is 5.02 Å². The van der Waals surface area contributed by atoms with Crippen molar-refractivity contribution in [3.8, 4) is 5.75 Å². The number of likely N-dealkylation sites (tertiary alicyclic amines) is 1. The van der Waals surface area contributed by atoms with E-state index in [1.165, 1.54) is 0 Å². The van der Waals surface area contributed by atoms with Crippen molar-refractivity contribution in [2.75, 3.05) is 38.1 Å². The van der Waals surface area contributed by atoms with Gasteiger partial charge in [-0.3, -0.25) is 9.59 Å². The quantitative estimate of drug-likeness (QED) is 0.646. The fourth-order valence-electron chi connectivity index (χ4n) is 3.23. The number of carbonyl (C=O) groups excluding carboxylic acids is 2. The van der Waals surface area contributed by atoms with Crippen molar-refractivity contribution in [2.45, 2.75) is 19.3 Å². The van der Waals surface area contributed by atoms with Crippen LogP contribution in [0.5, 0.6) is 5.75 Å². The predicted octanol–water partition coefficient (Wildman–Crippen LogP) is 3.57. The molecular formula is C22H26ClN3O3. The van der Waals surface area contributed by atoms with Crippen LogP contribution in [0.4, 0.5) is 5.69 Å². The molecule has 1 saturated heterocycles. The number of rotatable bonds is 8. The molecule has 0 aromatic heterocycles. The van der Waals surface area contributed by atoms with Gasteiger partial charge in [0.1, 0.15) is 12.4 Å². The van der Waals surface area contributed by atoms with Gasteiger partial charge in [0.15, 0.2) is 0 Å². The summed E-state index contributed by atoms with van der Waals surface area (Å²) in [7, 11) is 0. The van der Waals surface area contributed by atoms with E-state index >= 15 is 0 Å². The molecule has 1 heterocycles. The number of nitrogens with zero attached hydrogens (tertiary/aromatic N) is 1. The number of ether oxygens (including phenoxy) is 1. The first-order chi connectivity index (χ1) is 14.1. The number of hydrogen-bond donors (Lipinski definition) is 2. The summed E-state index contributed by atoms with van der Waals surface area (Å²) in [6.45, 7) is 2.35. The van der Waals surface area contributed by atoms with E-state index in [1.54, 1.807) is 18.2 Å². The lowest BCUT2D eigenvalue weighted by atomic mass is 10.1. The predicted molar refractivity (Wildman–Crippen MR) is 115 cm³/mol. The van der Waals surface area contributed by atoms with Crippen molar-refractivity contribution < 1.29 is 14.3 Å². The van der Waals surface area contributed by atoms with Crippen LogP contribution in [-0.4, -0.2) is 49.5 Å². The van der Waals surface area contributed by atoms with Crippen LogP contribution in [0.3, 0.4) is 0 Å². The van der Waals surface area contributed by atoms with Gasteiger partial charge in [-0.2, -0.15) is 0 Å². The molecule has 2 N–H and O–H groups in total. The molecule has 2 aromatic carbocycles. The Hall–Kier alpha value is -2.73. The normalized spacial score (nSPS) is 13.6. The van der Waals surface area contributed by atoms with Crippen molar-refractivity contribution in [2.24, 2.45) is 0 Å². The highest BCUT2D eigenvalue weighted by Crippen LogP contribution is 2.24. The van der Waals surface area contributed by atoms with Gasteiger partial charge in [-0.1, -0.05) is 29.8 Å². The number of piperidine rings is 1. The number of halogens is 1. The third-order valence-corrected chi connectivity index (χ3v) is 4.97. The van der Waals surface area contributed by atoms with E-state index in [-0.39, 0.29) is 18.4 Å².